The molecular weight excluding hydrogens is 457 g/mol. The van der Waals surface area contributed by atoms with Crippen LogP contribution in [0.4, 0.5) is 8.78 Å². The molecule has 2 aromatic rings. The van der Waals surface area contributed by atoms with Crippen LogP contribution in [0.15, 0.2) is 36.4 Å². The molecular formula is C23H25F2IO. The first-order valence-corrected chi connectivity index (χ1v) is 11.3. The topological polar surface area (TPSA) is 9.23 Å². The fourth-order valence-electron chi connectivity index (χ4n) is 4.35. The maximum Gasteiger partial charge on any atom is 0.201 e. The molecule has 4 rings (SSSR count). The fraction of sp³-hybridized carbons (Fsp3) is 0.478. The van der Waals surface area contributed by atoms with Gasteiger partial charge >= 0.3 is 0 Å². The average molecular weight is 482 g/mol. The molecule has 0 radical (unpaired) electrons. The molecule has 4 heteroatoms. The fourth-order valence-corrected chi connectivity index (χ4v) is 5.07. The smallest absolute Gasteiger partial charge is 0.201 e. The van der Waals surface area contributed by atoms with Crippen LogP contribution in [0, 0.1) is 11.6 Å². The van der Waals surface area contributed by atoms with Gasteiger partial charge in [0.15, 0.2) is 11.6 Å². The summed E-state index contributed by atoms with van der Waals surface area (Å²) in [4.78, 5) is 0. The lowest BCUT2D eigenvalue weighted by Crippen LogP contribution is -2.12. The number of benzene rings is 2. The van der Waals surface area contributed by atoms with E-state index in [-0.39, 0.29) is 11.9 Å². The maximum atomic E-state index is 14.7. The minimum absolute atomic E-state index is 0.0154. The summed E-state index contributed by atoms with van der Waals surface area (Å²) in [7, 11) is 0. The van der Waals surface area contributed by atoms with Crippen LogP contribution in [0.5, 0.6) is 5.75 Å². The number of alkyl halides is 1. The highest BCUT2D eigenvalue weighted by Crippen LogP contribution is 2.37. The highest BCUT2D eigenvalue weighted by Gasteiger charge is 2.23. The first-order valence-electron chi connectivity index (χ1n) is 10.0. The van der Waals surface area contributed by atoms with Gasteiger partial charge in [0.2, 0.25) is 5.82 Å². The van der Waals surface area contributed by atoms with Crippen molar-refractivity contribution in [1.82, 2.24) is 0 Å². The summed E-state index contributed by atoms with van der Waals surface area (Å²) < 4.78 is 35.6. The van der Waals surface area contributed by atoms with Crippen molar-refractivity contribution < 1.29 is 13.5 Å². The SMILES string of the molecule is Fc1c(OC2CCCC2)ccc(-c2ccc(C3CCC(I)CC3)cc2)c1F. The zero-order chi connectivity index (χ0) is 18.8. The molecule has 0 unspecified atom stereocenters. The second-order valence-electron chi connectivity index (χ2n) is 7.83. The Balaban J connectivity index is 1.51. The molecule has 0 bridgehead atoms. The predicted octanol–water partition coefficient (Wildman–Crippen LogP) is 7.41. The van der Waals surface area contributed by atoms with Crippen LogP contribution in [0.3, 0.4) is 0 Å². The molecule has 2 aliphatic carbocycles. The Morgan fingerprint density at radius 3 is 2.11 bits per heavy atom. The molecule has 2 aromatic carbocycles. The Kier molecular flexibility index (Phi) is 6.00. The molecule has 1 nitrogen and oxygen atoms in total. The standard InChI is InChI=1S/C23H25F2IO/c24-22-20(13-14-21(23(22)25)27-19-3-1-2-4-19)17-7-5-15(6-8-17)16-9-11-18(26)12-10-16/h5-8,13-14,16,18-19H,1-4,9-12H2. The van der Waals surface area contributed by atoms with Crippen molar-refractivity contribution in [3.8, 4) is 16.9 Å². The third kappa shape index (κ3) is 4.30. The molecule has 0 spiro atoms. The molecule has 27 heavy (non-hydrogen) atoms. The molecule has 0 aromatic heterocycles. The quantitative estimate of drug-likeness (QED) is 0.326. The third-order valence-electron chi connectivity index (χ3n) is 5.99. The highest BCUT2D eigenvalue weighted by molar-refractivity contribution is 14.1. The van der Waals surface area contributed by atoms with Crippen LogP contribution in [-0.2, 0) is 0 Å². The Morgan fingerprint density at radius 1 is 0.778 bits per heavy atom. The second kappa shape index (κ2) is 8.46. The number of hydrogen-bond acceptors (Lipinski definition) is 1. The summed E-state index contributed by atoms with van der Waals surface area (Å²) in [5, 5.41) is 0. The van der Waals surface area contributed by atoms with Crippen molar-refractivity contribution in [2.45, 2.75) is 67.3 Å². The Hall–Kier alpha value is -1.17. The molecule has 2 aliphatic rings. The van der Waals surface area contributed by atoms with Gasteiger partial charge in [0.05, 0.1) is 6.10 Å². The summed E-state index contributed by atoms with van der Waals surface area (Å²) in [6.07, 6.45) is 8.99. The van der Waals surface area contributed by atoms with E-state index in [1.165, 1.54) is 31.2 Å². The monoisotopic (exact) mass is 482 g/mol. The van der Waals surface area contributed by atoms with Crippen molar-refractivity contribution in [3.63, 3.8) is 0 Å². The average Bonchev–Trinajstić information content (AvgIpc) is 3.20. The van der Waals surface area contributed by atoms with Gasteiger partial charge in [-0.3, -0.25) is 0 Å². The molecule has 2 saturated carbocycles. The summed E-state index contributed by atoms with van der Waals surface area (Å²) in [5.74, 6) is -1.06. The summed E-state index contributed by atoms with van der Waals surface area (Å²) in [5.41, 5.74) is 2.32. The van der Waals surface area contributed by atoms with E-state index in [1.54, 1.807) is 12.1 Å². The molecule has 2 fully saturated rings. The Labute approximate surface area is 173 Å². The van der Waals surface area contributed by atoms with Crippen molar-refractivity contribution >= 4 is 22.6 Å². The largest absolute Gasteiger partial charge is 0.487 e. The molecule has 0 saturated heterocycles. The summed E-state index contributed by atoms with van der Waals surface area (Å²) in [6, 6.07) is 11.2. The number of hydrogen-bond donors (Lipinski definition) is 0. The van der Waals surface area contributed by atoms with Crippen LogP contribution < -0.4 is 4.74 Å². The van der Waals surface area contributed by atoms with Crippen LogP contribution in [0.25, 0.3) is 11.1 Å². The number of rotatable bonds is 4. The van der Waals surface area contributed by atoms with E-state index in [9.17, 15) is 8.78 Å². The Bertz CT molecular complexity index is 776. The van der Waals surface area contributed by atoms with Crippen LogP contribution in [0.1, 0.15) is 62.8 Å². The summed E-state index contributed by atoms with van der Waals surface area (Å²) >= 11 is 2.54. The van der Waals surface area contributed by atoms with E-state index in [0.717, 1.165) is 29.6 Å². The molecule has 0 aliphatic heterocycles. The van der Waals surface area contributed by atoms with Crippen LogP contribution >= 0.6 is 22.6 Å². The second-order valence-corrected chi connectivity index (χ2v) is 9.60. The van der Waals surface area contributed by atoms with Crippen molar-refractivity contribution in [3.05, 3.63) is 53.6 Å². The third-order valence-corrected chi connectivity index (χ3v) is 7.24. The van der Waals surface area contributed by atoms with Gasteiger partial charge < -0.3 is 4.74 Å². The van der Waals surface area contributed by atoms with Gasteiger partial charge in [-0.2, -0.15) is 4.39 Å². The van der Waals surface area contributed by atoms with E-state index in [1.807, 2.05) is 12.1 Å². The van der Waals surface area contributed by atoms with Gasteiger partial charge in [0.25, 0.3) is 0 Å². The number of ether oxygens (including phenoxy) is 1. The van der Waals surface area contributed by atoms with E-state index < -0.39 is 11.6 Å². The predicted molar refractivity (Wildman–Crippen MR) is 114 cm³/mol. The van der Waals surface area contributed by atoms with Crippen LogP contribution in [0.2, 0.25) is 0 Å². The van der Waals surface area contributed by atoms with Gasteiger partial charge in [-0.1, -0.05) is 46.9 Å². The van der Waals surface area contributed by atoms with Gasteiger partial charge in [0.1, 0.15) is 0 Å². The first-order chi connectivity index (χ1) is 13.1. The van der Waals surface area contributed by atoms with Crippen molar-refractivity contribution in [1.29, 1.82) is 0 Å². The van der Waals surface area contributed by atoms with E-state index >= 15 is 0 Å². The summed E-state index contributed by atoms with van der Waals surface area (Å²) in [6.45, 7) is 0. The number of halogens is 3. The minimum Gasteiger partial charge on any atom is -0.487 e. The molecule has 0 heterocycles. The maximum absolute atomic E-state index is 14.7. The Morgan fingerprint density at radius 2 is 1.44 bits per heavy atom. The van der Waals surface area contributed by atoms with E-state index in [4.69, 9.17) is 4.74 Å². The van der Waals surface area contributed by atoms with E-state index in [2.05, 4.69) is 34.7 Å². The first kappa shape index (κ1) is 19.2. The normalized spacial score (nSPS) is 23.5. The molecule has 144 valence electrons. The van der Waals surface area contributed by atoms with Gasteiger partial charge in [0, 0.05) is 9.49 Å². The minimum atomic E-state index is -0.871. The van der Waals surface area contributed by atoms with E-state index in [0.29, 0.717) is 17.0 Å². The highest BCUT2D eigenvalue weighted by atomic mass is 127. The molecule has 0 atom stereocenters. The van der Waals surface area contributed by atoms with Crippen molar-refractivity contribution in [2.24, 2.45) is 0 Å². The van der Waals surface area contributed by atoms with Crippen molar-refractivity contribution in [2.75, 3.05) is 0 Å². The molecule has 0 N–H and O–H groups in total. The van der Waals surface area contributed by atoms with Gasteiger partial charge in [-0.15, -0.1) is 0 Å². The van der Waals surface area contributed by atoms with Crippen LogP contribution in [-0.4, -0.2) is 10.0 Å². The molecule has 0 amide bonds. The lowest BCUT2D eigenvalue weighted by atomic mass is 9.83. The zero-order valence-corrected chi connectivity index (χ0v) is 17.6. The zero-order valence-electron chi connectivity index (χ0n) is 15.4. The van der Waals surface area contributed by atoms with Gasteiger partial charge in [-0.05, 0) is 80.5 Å². The lowest BCUT2D eigenvalue weighted by molar-refractivity contribution is 0.198. The van der Waals surface area contributed by atoms with Gasteiger partial charge in [-0.25, -0.2) is 4.39 Å². The lowest BCUT2D eigenvalue weighted by Gasteiger charge is -2.25.